The number of carbonyl (C=O) groups excluding carboxylic acids is 2. The predicted octanol–water partition coefficient (Wildman–Crippen LogP) is 5.51. The highest BCUT2D eigenvalue weighted by Crippen LogP contribution is 2.42. The first-order chi connectivity index (χ1) is 16.4. The normalized spacial score (nSPS) is 15.0. The van der Waals surface area contributed by atoms with E-state index in [1.54, 1.807) is 31.2 Å². The number of rotatable bonds is 4. The van der Waals surface area contributed by atoms with Crippen molar-refractivity contribution in [1.82, 2.24) is 0 Å². The maximum absolute atomic E-state index is 15.0. The molecule has 6 nitrogen and oxygen atoms in total. The van der Waals surface area contributed by atoms with Gasteiger partial charge in [0.2, 0.25) is 5.76 Å². The maximum atomic E-state index is 15.0. The second-order valence-corrected chi connectivity index (χ2v) is 8.12. The summed E-state index contributed by atoms with van der Waals surface area (Å²) in [6, 6.07) is 15.5. The number of benzene rings is 3. The second-order valence-electron chi connectivity index (χ2n) is 7.68. The first-order valence-corrected chi connectivity index (χ1v) is 10.9. The van der Waals surface area contributed by atoms with Gasteiger partial charge in [-0.2, -0.15) is 0 Å². The van der Waals surface area contributed by atoms with Crippen LogP contribution in [0.5, 0.6) is 0 Å². The molecule has 5 rings (SSSR count). The van der Waals surface area contributed by atoms with Crippen LogP contribution in [0.4, 0.5) is 10.1 Å². The summed E-state index contributed by atoms with van der Waals surface area (Å²) in [5, 5.41) is 0.526. The second kappa shape index (κ2) is 8.43. The van der Waals surface area contributed by atoms with Crippen LogP contribution in [0.15, 0.2) is 75.9 Å². The SMILES string of the molecule is CCOC(=O)c1ccc(N2C(=O)c3oc4ccc(Cl)cc4c(=O)c3C2c2ccccc2F)cc1. The molecule has 0 fully saturated rings. The Kier molecular flexibility index (Phi) is 5.42. The molecule has 3 aromatic carbocycles. The number of amides is 1. The van der Waals surface area contributed by atoms with Crippen LogP contribution in [0, 0.1) is 5.82 Å². The standard InChI is InChI=1S/C26H17ClFNO5/c1-2-33-26(32)14-7-10-16(11-8-14)29-22(17-5-3-4-6-19(17)28)21-23(30)18-13-15(27)9-12-20(18)34-24(21)25(29)31/h3-13,22H,2H2,1H3. The van der Waals surface area contributed by atoms with Gasteiger partial charge in [-0.15, -0.1) is 0 Å². The number of ether oxygens (including phenoxy) is 1. The van der Waals surface area contributed by atoms with E-state index in [0.29, 0.717) is 16.3 Å². The van der Waals surface area contributed by atoms with Crippen molar-refractivity contribution in [2.45, 2.75) is 13.0 Å². The van der Waals surface area contributed by atoms with Crippen LogP contribution < -0.4 is 10.3 Å². The minimum Gasteiger partial charge on any atom is -0.462 e. The molecule has 1 aliphatic heterocycles. The van der Waals surface area contributed by atoms with Gasteiger partial charge in [-0.05, 0) is 55.5 Å². The Morgan fingerprint density at radius 2 is 1.82 bits per heavy atom. The fraction of sp³-hybridized carbons (Fsp3) is 0.115. The summed E-state index contributed by atoms with van der Waals surface area (Å²) in [5.74, 6) is -1.84. The van der Waals surface area contributed by atoms with Crippen molar-refractivity contribution >= 4 is 40.1 Å². The van der Waals surface area contributed by atoms with Crippen molar-refractivity contribution in [1.29, 1.82) is 0 Å². The maximum Gasteiger partial charge on any atom is 0.338 e. The molecule has 4 aromatic rings. The van der Waals surface area contributed by atoms with E-state index >= 15 is 0 Å². The summed E-state index contributed by atoms with van der Waals surface area (Å²) < 4.78 is 25.8. The van der Waals surface area contributed by atoms with E-state index < -0.39 is 29.2 Å². The molecule has 1 aliphatic rings. The molecule has 0 bridgehead atoms. The Hall–Kier alpha value is -3.97. The Bertz CT molecular complexity index is 1510. The number of nitrogens with zero attached hydrogens (tertiary/aromatic N) is 1. The number of halogens is 2. The van der Waals surface area contributed by atoms with E-state index in [4.69, 9.17) is 20.8 Å². The zero-order valence-corrected chi connectivity index (χ0v) is 18.6. The number of fused-ring (bicyclic) bond motifs is 2. The Labute approximate surface area is 198 Å². The number of hydrogen-bond donors (Lipinski definition) is 0. The van der Waals surface area contributed by atoms with E-state index in [1.165, 1.54) is 47.4 Å². The number of carbonyl (C=O) groups is 2. The van der Waals surface area contributed by atoms with Crippen LogP contribution in [0.2, 0.25) is 5.02 Å². The lowest BCUT2D eigenvalue weighted by atomic mass is 9.97. The van der Waals surface area contributed by atoms with Crippen LogP contribution in [0.3, 0.4) is 0 Å². The lowest BCUT2D eigenvalue weighted by molar-refractivity contribution is 0.0526. The largest absolute Gasteiger partial charge is 0.462 e. The Morgan fingerprint density at radius 1 is 1.09 bits per heavy atom. The van der Waals surface area contributed by atoms with E-state index in [0.717, 1.165) is 0 Å². The molecule has 170 valence electrons. The third-order valence-electron chi connectivity index (χ3n) is 5.69. The predicted molar refractivity (Wildman–Crippen MR) is 125 cm³/mol. The molecule has 2 heterocycles. The summed E-state index contributed by atoms with van der Waals surface area (Å²) in [7, 11) is 0. The molecule has 0 radical (unpaired) electrons. The van der Waals surface area contributed by atoms with E-state index in [9.17, 15) is 18.8 Å². The molecule has 0 N–H and O–H groups in total. The Balaban J connectivity index is 1.73. The highest BCUT2D eigenvalue weighted by molar-refractivity contribution is 6.31. The van der Waals surface area contributed by atoms with E-state index in [2.05, 4.69) is 0 Å². The zero-order chi connectivity index (χ0) is 24.0. The van der Waals surface area contributed by atoms with Crippen LogP contribution >= 0.6 is 11.6 Å². The number of esters is 1. The van der Waals surface area contributed by atoms with E-state index in [1.807, 2.05) is 0 Å². The monoisotopic (exact) mass is 477 g/mol. The highest BCUT2D eigenvalue weighted by Gasteiger charge is 2.44. The first-order valence-electron chi connectivity index (χ1n) is 10.5. The molecule has 8 heteroatoms. The summed E-state index contributed by atoms with van der Waals surface area (Å²) in [6.07, 6.45) is 0. The molecule has 0 saturated heterocycles. The van der Waals surface area contributed by atoms with Crippen LogP contribution in [0.25, 0.3) is 11.0 Å². The summed E-state index contributed by atoms with van der Waals surface area (Å²) >= 11 is 6.08. The third kappa shape index (κ3) is 3.45. The highest BCUT2D eigenvalue weighted by atomic mass is 35.5. The molecule has 0 saturated carbocycles. The van der Waals surface area contributed by atoms with Gasteiger partial charge in [0.15, 0.2) is 5.43 Å². The third-order valence-corrected chi connectivity index (χ3v) is 5.92. The quantitative estimate of drug-likeness (QED) is 0.362. The van der Waals surface area contributed by atoms with Crippen molar-refractivity contribution in [3.05, 3.63) is 110 Å². The molecule has 0 aliphatic carbocycles. The minimum absolute atomic E-state index is 0.0272. The number of hydrogen-bond acceptors (Lipinski definition) is 5. The topological polar surface area (TPSA) is 76.8 Å². The summed E-state index contributed by atoms with van der Waals surface area (Å²) in [5.41, 5.74) is 0.558. The molecule has 1 aromatic heterocycles. The lowest BCUT2D eigenvalue weighted by Crippen LogP contribution is -2.30. The fourth-order valence-electron chi connectivity index (χ4n) is 4.18. The van der Waals surface area contributed by atoms with Gasteiger partial charge in [-0.3, -0.25) is 14.5 Å². The average Bonchev–Trinajstić information content (AvgIpc) is 3.12. The molecule has 1 unspecified atom stereocenters. The van der Waals surface area contributed by atoms with Gasteiger partial charge in [-0.1, -0.05) is 29.8 Å². The van der Waals surface area contributed by atoms with Gasteiger partial charge in [-0.25, -0.2) is 9.18 Å². The first kappa shape index (κ1) is 21.9. The van der Waals surface area contributed by atoms with Gasteiger partial charge in [0.05, 0.1) is 29.2 Å². The van der Waals surface area contributed by atoms with Crippen molar-refractivity contribution in [2.24, 2.45) is 0 Å². The Morgan fingerprint density at radius 3 is 2.53 bits per heavy atom. The van der Waals surface area contributed by atoms with Gasteiger partial charge in [0, 0.05) is 16.3 Å². The molecular weight excluding hydrogens is 461 g/mol. The number of anilines is 1. The van der Waals surface area contributed by atoms with Crippen molar-refractivity contribution in [2.75, 3.05) is 11.5 Å². The van der Waals surface area contributed by atoms with Gasteiger partial charge < -0.3 is 9.15 Å². The van der Waals surface area contributed by atoms with Crippen molar-refractivity contribution in [3.63, 3.8) is 0 Å². The minimum atomic E-state index is -1.07. The average molecular weight is 478 g/mol. The zero-order valence-electron chi connectivity index (χ0n) is 17.9. The van der Waals surface area contributed by atoms with Crippen LogP contribution in [0.1, 0.15) is 45.0 Å². The van der Waals surface area contributed by atoms with Crippen molar-refractivity contribution < 1.29 is 23.1 Å². The summed E-state index contributed by atoms with van der Waals surface area (Å²) in [6.45, 7) is 1.92. The van der Waals surface area contributed by atoms with Crippen molar-refractivity contribution in [3.8, 4) is 0 Å². The molecule has 0 spiro atoms. The summed E-state index contributed by atoms with van der Waals surface area (Å²) in [4.78, 5) is 40.4. The lowest BCUT2D eigenvalue weighted by Gasteiger charge is -2.25. The molecule has 1 amide bonds. The van der Waals surface area contributed by atoms with E-state index in [-0.39, 0.29) is 34.5 Å². The van der Waals surface area contributed by atoms with Gasteiger partial charge >= 0.3 is 5.97 Å². The molecular formula is C26H17ClFNO5. The van der Waals surface area contributed by atoms with Crippen LogP contribution in [-0.4, -0.2) is 18.5 Å². The smallest absolute Gasteiger partial charge is 0.338 e. The van der Waals surface area contributed by atoms with Gasteiger partial charge in [0.25, 0.3) is 5.91 Å². The molecule has 1 atom stereocenters. The van der Waals surface area contributed by atoms with Crippen LogP contribution in [-0.2, 0) is 4.74 Å². The fourth-order valence-corrected chi connectivity index (χ4v) is 4.35. The molecule has 34 heavy (non-hydrogen) atoms. The van der Waals surface area contributed by atoms with Gasteiger partial charge in [0.1, 0.15) is 11.4 Å².